The molecule has 1 atom stereocenters. The summed E-state index contributed by atoms with van der Waals surface area (Å²) in [6.07, 6.45) is 3.13. The summed E-state index contributed by atoms with van der Waals surface area (Å²) in [6.45, 7) is 0.443. The zero-order valence-electron chi connectivity index (χ0n) is 12.6. The lowest BCUT2D eigenvalue weighted by molar-refractivity contribution is -0.145. The lowest BCUT2D eigenvalue weighted by Gasteiger charge is -2.16. The molecule has 0 unspecified atom stereocenters. The minimum atomic E-state index is -0.700. The standard InChI is InChI=1S/C16H21N3O3/c1-22-16(21)14(19-15(20)7-4-8-17)9-11-10-18-13-6-3-2-5-12(11)13/h2-3,5-6,10,14,18H,4,7-9,17H2,1H3,(H,19,20)/t14-/m0/s1. The van der Waals surface area contributed by atoms with Gasteiger partial charge in [0.05, 0.1) is 7.11 Å². The Labute approximate surface area is 129 Å². The summed E-state index contributed by atoms with van der Waals surface area (Å²) in [5.41, 5.74) is 7.35. The number of nitrogens with one attached hydrogen (secondary N) is 2. The van der Waals surface area contributed by atoms with E-state index >= 15 is 0 Å². The summed E-state index contributed by atoms with van der Waals surface area (Å²) in [5.74, 6) is -0.646. The van der Waals surface area contributed by atoms with E-state index in [2.05, 4.69) is 10.3 Å². The summed E-state index contributed by atoms with van der Waals surface area (Å²) in [5, 5.41) is 3.76. The zero-order valence-corrected chi connectivity index (χ0v) is 12.6. The van der Waals surface area contributed by atoms with Crippen molar-refractivity contribution in [1.29, 1.82) is 0 Å². The predicted octanol–water partition coefficient (Wildman–Crippen LogP) is 1.11. The molecule has 2 rings (SSSR count). The van der Waals surface area contributed by atoms with Gasteiger partial charge in [-0.1, -0.05) is 18.2 Å². The summed E-state index contributed by atoms with van der Waals surface area (Å²) < 4.78 is 4.79. The van der Waals surface area contributed by atoms with E-state index in [0.717, 1.165) is 16.5 Å². The van der Waals surface area contributed by atoms with Crippen molar-refractivity contribution in [2.24, 2.45) is 5.73 Å². The van der Waals surface area contributed by atoms with Gasteiger partial charge in [0.2, 0.25) is 5.91 Å². The topological polar surface area (TPSA) is 97.2 Å². The van der Waals surface area contributed by atoms with Crippen LogP contribution in [0.5, 0.6) is 0 Å². The molecule has 1 aromatic heterocycles. The molecule has 1 amide bonds. The van der Waals surface area contributed by atoms with Gasteiger partial charge >= 0.3 is 5.97 Å². The second-order valence-electron chi connectivity index (χ2n) is 5.10. The smallest absolute Gasteiger partial charge is 0.328 e. The van der Waals surface area contributed by atoms with Crippen LogP contribution in [0.3, 0.4) is 0 Å². The second kappa shape index (κ2) is 7.61. The Morgan fingerprint density at radius 2 is 2.14 bits per heavy atom. The van der Waals surface area contributed by atoms with Gasteiger partial charge in [-0.05, 0) is 24.6 Å². The minimum absolute atomic E-state index is 0.194. The van der Waals surface area contributed by atoms with E-state index in [9.17, 15) is 9.59 Å². The number of ether oxygens (including phenoxy) is 1. The van der Waals surface area contributed by atoms with Crippen molar-refractivity contribution in [3.63, 3.8) is 0 Å². The van der Waals surface area contributed by atoms with E-state index in [4.69, 9.17) is 10.5 Å². The highest BCUT2D eigenvalue weighted by Gasteiger charge is 2.22. The van der Waals surface area contributed by atoms with Crippen LogP contribution in [-0.4, -0.2) is 36.6 Å². The molecule has 0 bridgehead atoms. The van der Waals surface area contributed by atoms with Crippen LogP contribution in [0.4, 0.5) is 0 Å². The maximum atomic E-state index is 11.9. The highest BCUT2D eigenvalue weighted by Crippen LogP contribution is 2.19. The second-order valence-corrected chi connectivity index (χ2v) is 5.10. The number of rotatable bonds is 7. The van der Waals surface area contributed by atoms with Crippen LogP contribution in [-0.2, 0) is 20.7 Å². The summed E-state index contributed by atoms with van der Waals surface area (Å²) in [7, 11) is 1.32. The van der Waals surface area contributed by atoms with Gasteiger partial charge < -0.3 is 20.8 Å². The van der Waals surface area contributed by atoms with Crippen LogP contribution < -0.4 is 11.1 Å². The zero-order chi connectivity index (χ0) is 15.9. The van der Waals surface area contributed by atoms with Crippen LogP contribution >= 0.6 is 0 Å². The highest BCUT2D eigenvalue weighted by atomic mass is 16.5. The first-order chi connectivity index (χ1) is 10.7. The summed E-state index contributed by atoms with van der Waals surface area (Å²) >= 11 is 0. The molecule has 4 N–H and O–H groups in total. The number of nitrogens with two attached hydrogens (primary N) is 1. The Hall–Kier alpha value is -2.34. The number of para-hydroxylation sites is 1. The quantitative estimate of drug-likeness (QED) is 0.667. The molecule has 0 aliphatic carbocycles. The molecule has 0 aliphatic heterocycles. The molecule has 6 heteroatoms. The van der Waals surface area contributed by atoms with Crippen molar-refractivity contribution in [1.82, 2.24) is 10.3 Å². The van der Waals surface area contributed by atoms with E-state index in [1.165, 1.54) is 7.11 Å². The maximum absolute atomic E-state index is 11.9. The van der Waals surface area contributed by atoms with E-state index in [1.807, 2.05) is 30.5 Å². The monoisotopic (exact) mass is 303 g/mol. The number of esters is 1. The lowest BCUT2D eigenvalue weighted by atomic mass is 10.0. The third-order valence-electron chi connectivity index (χ3n) is 3.53. The molecule has 22 heavy (non-hydrogen) atoms. The molecular weight excluding hydrogens is 282 g/mol. The van der Waals surface area contributed by atoms with Crippen molar-refractivity contribution in [2.75, 3.05) is 13.7 Å². The number of hydrogen-bond donors (Lipinski definition) is 3. The van der Waals surface area contributed by atoms with Crippen LogP contribution in [0.25, 0.3) is 10.9 Å². The average molecular weight is 303 g/mol. The number of fused-ring (bicyclic) bond motifs is 1. The maximum Gasteiger partial charge on any atom is 0.328 e. The van der Waals surface area contributed by atoms with Gasteiger partial charge in [-0.2, -0.15) is 0 Å². The van der Waals surface area contributed by atoms with Gasteiger partial charge in [0.1, 0.15) is 6.04 Å². The Balaban J connectivity index is 2.12. The molecule has 0 saturated carbocycles. The number of H-pyrrole nitrogens is 1. The van der Waals surface area contributed by atoms with E-state index in [-0.39, 0.29) is 5.91 Å². The highest BCUT2D eigenvalue weighted by molar-refractivity contribution is 5.87. The number of hydrogen-bond acceptors (Lipinski definition) is 4. The fourth-order valence-electron chi connectivity index (χ4n) is 2.39. The fraction of sp³-hybridized carbons (Fsp3) is 0.375. The largest absolute Gasteiger partial charge is 0.467 e. The van der Waals surface area contributed by atoms with E-state index in [1.54, 1.807) is 0 Å². The molecule has 1 aromatic carbocycles. The summed E-state index contributed by atoms with van der Waals surface area (Å²) in [6, 6.07) is 7.12. The van der Waals surface area contributed by atoms with Crippen molar-refractivity contribution in [3.05, 3.63) is 36.0 Å². The average Bonchev–Trinajstić information content (AvgIpc) is 2.94. The first-order valence-corrected chi connectivity index (χ1v) is 7.28. The van der Waals surface area contributed by atoms with E-state index in [0.29, 0.717) is 25.8 Å². The molecule has 118 valence electrons. The van der Waals surface area contributed by atoms with Crippen LogP contribution in [0.1, 0.15) is 18.4 Å². The van der Waals surface area contributed by atoms with Gasteiger partial charge in [-0.15, -0.1) is 0 Å². The molecule has 0 fully saturated rings. The molecule has 0 spiro atoms. The lowest BCUT2D eigenvalue weighted by Crippen LogP contribution is -2.43. The molecule has 2 aromatic rings. The van der Waals surface area contributed by atoms with Gasteiger partial charge in [-0.3, -0.25) is 4.79 Å². The van der Waals surface area contributed by atoms with Gasteiger partial charge in [0.15, 0.2) is 0 Å². The Bertz CT molecular complexity index is 651. The molecular formula is C16H21N3O3. The van der Waals surface area contributed by atoms with Crippen LogP contribution in [0.15, 0.2) is 30.5 Å². The first-order valence-electron chi connectivity index (χ1n) is 7.28. The fourth-order valence-corrected chi connectivity index (χ4v) is 2.39. The number of benzene rings is 1. The SMILES string of the molecule is COC(=O)[C@H](Cc1c[nH]c2ccccc12)NC(=O)CCCN. The number of amides is 1. The normalized spacial score (nSPS) is 12.1. The number of carbonyl (C=O) groups is 2. The van der Waals surface area contributed by atoms with Crippen molar-refractivity contribution in [3.8, 4) is 0 Å². The third-order valence-corrected chi connectivity index (χ3v) is 3.53. The minimum Gasteiger partial charge on any atom is -0.467 e. The number of methoxy groups -OCH3 is 1. The van der Waals surface area contributed by atoms with Gasteiger partial charge in [0, 0.05) is 29.9 Å². The Morgan fingerprint density at radius 3 is 2.86 bits per heavy atom. The van der Waals surface area contributed by atoms with Crippen molar-refractivity contribution in [2.45, 2.75) is 25.3 Å². The number of aromatic amines is 1. The van der Waals surface area contributed by atoms with Crippen LogP contribution in [0, 0.1) is 0 Å². The van der Waals surface area contributed by atoms with Crippen molar-refractivity contribution >= 4 is 22.8 Å². The molecule has 0 saturated heterocycles. The third kappa shape index (κ3) is 3.85. The van der Waals surface area contributed by atoms with E-state index < -0.39 is 12.0 Å². The van der Waals surface area contributed by atoms with Gasteiger partial charge in [0.25, 0.3) is 0 Å². The number of carbonyl (C=O) groups excluding carboxylic acids is 2. The molecule has 0 aliphatic rings. The molecule has 0 radical (unpaired) electrons. The Kier molecular flexibility index (Phi) is 5.55. The molecule has 1 heterocycles. The molecule has 6 nitrogen and oxygen atoms in total. The van der Waals surface area contributed by atoms with Crippen molar-refractivity contribution < 1.29 is 14.3 Å². The first kappa shape index (κ1) is 16.0. The number of aromatic nitrogens is 1. The summed E-state index contributed by atoms with van der Waals surface area (Å²) in [4.78, 5) is 26.9. The van der Waals surface area contributed by atoms with Gasteiger partial charge in [-0.25, -0.2) is 4.79 Å². The van der Waals surface area contributed by atoms with Crippen LogP contribution in [0.2, 0.25) is 0 Å². The predicted molar refractivity (Wildman–Crippen MR) is 84.2 cm³/mol. The Morgan fingerprint density at radius 1 is 1.36 bits per heavy atom.